The number of hydrogen-bond donors (Lipinski definition) is 2. The third-order valence-electron chi connectivity index (χ3n) is 5.37. The Kier molecular flexibility index (Phi) is 7.26. The zero-order valence-electron chi connectivity index (χ0n) is 17.0. The van der Waals surface area contributed by atoms with E-state index in [1.165, 1.54) is 12.0 Å². The molecule has 0 radical (unpaired) electrons. The maximum Gasteiger partial charge on any atom is 0.321 e. The number of nitrogens with one attached hydrogen (secondary N) is 2. The summed E-state index contributed by atoms with van der Waals surface area (Å²) in [6.07, 6.45) is 5.06. The number of ether oxygens (including phenoxy) is 2. The second-order valence-electron chi connectivity index (χ2n) is 7.54. The van der Waals surface area contributed by atoms with Gasteiger partial charge in [0, 0.05) is 19.0 Å². The van der Waals surface area contributed by atoms with Crippen LogP contribution in [0.1, 0.15) is 38.5 Å². The van der Waals surface area contributed by atoms with E-state index in [-0.39, 0.29) is 24.9 Å². The molecule has 1 atom stereocenters. The summed E-state index contributed by atoms with van der Waals surface area (Å²) in [7, 11) is 1.51. The number of benzene rings is 1. The fourth-order valence-corrected chi connectivity index (χ4v) is 3.84. The summed E-state index contributed by atoms with van der Waals surface area (Å²) >= 11 is 0. The maximum atomic E-state index is 12.4. The highest BCUT2D eigenvalue weighted by molar-refractivity contribution is 6.01. The van der Waals surface area contributed by atoms with Crippen LogP contribution in [-0.4, -0.2) is 50.1 Å². The van der Waals surface area contributed by atoms with Crippen molar-refractivity contribution < 1.29 is 28.7 Å². The van der Waals surface area contributed by atoms with Crippen LogP contribution in [0.2, 0.25) is 0 Å². The standard InChI is InChI=1S/C21H27N3O6/c1-29-17-10-6-5-9-16(17)24-12-14(11-19(24)26)20(27)30-13-18(25)23-21(28)22-15-7-3-2-4-8-15/h5-6,9-10,14-15H,2-4,7-8,11-13H2,1H3,(H2,22,23,25,28)/t14-/m1/s1. The van der Waals surface area contributed by atoms with Crippen LogP contribution in [0.3, 0.4) is 0 Å². The van der Waals surface area contributed by atoms with E-state index in [0.29, 0.717) is 11.4 Å². The summed E-state index contributed by atoms with van der Waals surface area (Å²) in [6, 6.07) is 6.53. The van der Waals surface area contributed by atoms with Gasteiger partial charge in [0.05, 0.1) is 18.7 Å². The van der Waals surface area contributed by atoms with Gasteiger partial charge in [0.15, 0.2) is 6.61 Å². The van der Waals surface area contributed by atoms with Crippen LogP contribution in [0.4, 0.5) is 10.5 Å². The molecule has 0 aromatic heterocycles. The third kappa shape index (κ3) is 5.49. The fraction of sp³-hybridized carbons (Fsp3) is 0.524. The summed E-state index contributed by atoms with van der Waals surface area (Å²) in [6.45, 7) is -0.432. The molecule has 4 amide bonds. The smallest absolute Gasteiger partial charge is 0.321 e. The van der Waals surface area contributed by atoms with Gasteiger partial charge in [0.25, 0.3) is 5.91 Å². The van der Waals surface area contributed by atoms with E-state index in [1.54, 1.807) is 24.3 Å². The van der Waals surface area contributed by atoms with Gasteiger partial charge in [-0.1, -0.05) is 31.4 Å². The van der Waals surface area contributed by atoms with Gasteiger partial charge >= 0.3 is 12.0 Å². The second-order valence-corrected chi connectivity index (χ2v) is 7.54. The molecule has 9 heteroatoms. The molecule has 2 fully saturated rings. The number of para-hydroxylation sites is 2. The van der Waals surface area contributed by atoms with E-state index in [2.05, 4.69) is 10.6 Å². The van der Waals surface area contributed by atoms with Crippen LogP contribution in [-0.2, 0) is 19.1 Å². The normalized spacial score (nSPS) is 19.3. The molecule has 0 unspecified atom stereocenters. The lowest BCUT2D eigenvalue weighted by Crippen LogP contribution is -2.46. The van der Waals surface area contributed by atoms with Crippen LogP contribution in [0.5, 0.6) is 5.75 Å². The highest BCUT2D eigenvalue weighted by Gasteiger charge is 2.37. The number of esters is 1. The average Bonchev–Trinajstić information content (AvgIpc) is 3.14. The lowest BCUT2D eigenvalue weighted by molar-refractivity contribution is -0.152. The number of amides is 4. The Morgan fingerprint density at radius 2 is 1.87 bits per heavy atom. The molecule has 30 heavy (non-hydrogen) atoms. The molecular weight excluding hydrogens is 390 g/mol. The molecule has 2 N–H and O–H groups in total. The van der Waals surface area contributed by atoms with E-state index in [9.17, 15) is 19.2 Å². The number of carbonyl (C=O) groups is 4. The number of rotatable bonds is 6. The van der Waals surface area contributed by atoms with Gasteiger partial charge in [-0.3, -0.25) is 19.7 Å². The van der Waals surface area contributed by atoms with Crippen molar-refractivity contribution in [2.24, 2.45) is 5.92 Å². The zero-order valence-corrected chi connectivity index (χ0v) is 17.0. The van der Waals surface area contributed by atoms with Crippen molar-refractivity contribution in [3.63, 3.8) is 0 Å². The molecule has 2 aliphatic rings. The molecule has 1 aromatic rings. The lowest BCUT2D eigenvalue weighted by Gasteiger charge is -2.22. The SMILES string of the molecule is COc1ccccc1N1C[C@H](C(=O)OCC(=O)NC(=O)NC2CCCCC2)CC1=O. The summed E-state index contributed by atoms with van der Waals surface area (Å²) < 4.78 is 10.3. The number of imide groups is 1. The first-order valence-electron chi connectivity index (χ1n) is 10.2. The Morgan fingerprint density at radius 1 is 1.13 bits per heavy atom. The van der Waals surface area contributed by atoms with Crippen molar-refractivity contribution in [1.29, 1.82) is 0 Å². The van der Waals surface area contributed by atoms with Crippen molar-refractivity contribution in [2.75, 3.05) is 25.2 Å². The quantitative estimate of drug-likeness (QED) is 0.682. The molecule has 1 aromatic carbocycles. The first kappa shape index (κ1) is 21.6. The molecule has 1 aliphatic heterocycles. The first-order chi connectivity index (χ1) is 14.5. The Hall–Kier alpha value is -3.10. The van der Waals surface area contributed by atoms with Gasteiger partial charge in [0.1, 0.15) is 5.75 Å². The predicted octanol–water partition coefficient (Wildman–Crippen LogP) is 1.75. The van der Waals surface area contributed by atoms with Gasteiger partial charge in [0.2, 0.25) is 5.91 Å². The number of urea groups is 1. The van der Waals surface area contributed by atoms with Gasteiger partial charge < -0.3 is 19.7 Å². The van der Waals surface area contributed by atoms with Gasteiger partial charge in [-0.25, -0.2) is 4.79 Å². The van der Waals surface area contributed by atoms with E-state index in [4.69, 9.17) is 9.47 Å². The van der Waals surface area contributed by atoms with E-state index in [1.807, 2.05) is 0 Å². The van der Waals surface area contributed by atoms with E-state index >= 15 is 0 Å². The molecule has 1 heterocycles. The molecule has 1 aliphatic carbocycles. The van der Waals surface area contributed by atoms with E-state index < -0.39 is 30.4 Å². The van der Waals surface area contributed by atoms with E-state index in [0.717, 1.165) is 32.1 Å². The molecule has 1 saturated carbocycles. The Morgan fingerprint density at radius 3 is 2.60 bits per heavy atom. The molecule has 0 spiro atoms. The van der Waals surface area contributed by atoms with Crippen molar-refractivity contribution in [2.45, 2.75) is 44.6 Å². The summed E-state index contributed by atoms with van der Waals surface area (Å²) in [5.74, 6) is -1.74. The highest BCUT2D eigenvalue weighted by atomic mass is 16.5. The van der Waals surface area contributed by atoms with Crippen LogP contribution in [0.15, 0.2) is 24.3 Å². The Balaban J connectivity index is 1.45. The monoisotopic (exact) mass is 417 g/mol. The highest BCUT2D eigenvalue weighted by Crippen LogP contribution is 2.33. The molecule has 3 rings (SSSR count). The fourth-order valence-electron chi connectivity index (χ4n) is 3.84. The summed E-state index contributed by atoms with van der Waals surface area (Å²) in [5, 5.41) is 4.93. The second kappa shape index (κ2) is 10.1. The van der Waals surface area contributed by atoms with Gasteiger partial charge in [-0.2, -0.15) is 0 Å². The largest absolute Gasteiger partial charge is 0.495 e. The third-order valence-corrected chi connectivity index (χ3v) is 5.37. The van der Waals surface area contributed by atoms with Gasteiger partial charge in [-0.15, -0.1) is 0 Å². The average molecular weight is 417 g/mol. The number of hydrogen-bond acceptors (Lipinski definition) is 6. The molecule has 0 bridgehead atoms. The minimum Gasteiger partial charge on any atom is -0.495 e. The topological polar surface area (TPSA) is 114 Å². The molecular formula is C21H27N3O6. The lowest BCUT2D eigenvalue weighted by atomic mass is 9.96. The van der Waals surface area contributed by atoms with Crippen LogP contribution in [0, 0.1) is 5.92 Å². The zero-order chi connectivity index (χ0) is 21.5. The minimum atomic E-state index is -0.706. The van der Waals surface area contributed by atoms with Crippen molar-refractivity contribution in [3.05, 3.63) is 24.3 Å². The number of anilines is 1. The first-order valence-corrected chi connectivity index (χ1v) is 10.2. The van der Waals surface area contributed by atoms with Crippen molar-refractivity contribution in [3.8, 4) is 5.75 Å². The van der Waals surface area contributed by atoms with Crippen molar-refractivity contribution in [1.82, 2.24) is 10.6 Å². The number of carbonyl (C=O) groups excluding carboxylic acids is 4. The van der Waals surface area contributed by atoms with Crippen LogP contribution in [0.25, 0.3) is 0 Å². The Bertz CT molecular complexity index is 806. The number of nitrogens with zero attached hydrogens (tertiary/aromatic N) is 1. The van der Waals surface area contributed by atoms with Crippen molar-refractivity contribution >= 4 is 29.5 Å². The molecule has 162 valence electrons. The molecule has 9 nitrogen and oxygen atoms in total. The number of methoxy groups -OCH3 is 1. The maximum absolute atomic E-state index is 12.4. The van der Waals surface area contributed by atoms with Gasteiger partial charge in [-0.05, 0) is 25.0 Å². The van der Waals surface area contributed by atoms with Crippen LogP contribution < -0.4 is 20.3 Å². The summed E-state index contributed by atoms with van der Waals surface area (Å²) in [4.78, 5) is 49.9. The predicted molar refractivity (Wildman–Crippen MR) is 108 cm³/mol. The van der Waals surface area contributed by atoms with Crippen LogP contribution >= 0.6 is 0 Å². The summed E-state index contributed by atoms with van der Waals surface area (Å²) in [5.41, 5.74) is 0.581. The Labute approximate surface area is 175 Å². The minimum absolute atomic E-state index is 0.0132. The molecule has 1 saturated heterocycles.